The molecule has 0 radical (unpaired) electrons. The molecule has 0 spiro atoms. The second kappa shape index (κ2) is 10.3. The molecule has 31 heavy (non-hydrogen) atoms. The quantitative estimate of drug-likeness (QED) is 0.315. The van der Waals surface area contributed by atoms with Crippen molar-refractivity contribution in [3.63, 3.8) is 0 Å². The lowest BCUT2D eigenvalue weighted by molar-refractivity contribution is 0.509. The minimum absolute atomic E-state index is 0.0350. The zero-order valence-corrected chi connectivity index (χ0v) is 18.4. The standard InChI is InChI=1S/C23H33N7O/c1-2-24-22(25-13-7-15-28-18-12-19-9-3-4-10-20(19)28)26-14-8-17-30-23(31)29-16-6-5-11-21(29)27-30/h3-4,9-10,12,18H,2,5-8,11,13-17H2,1H3,(H2,24,25,26). The Kier molecular flexibility index (Phi) is 7.07. The van der Waals surface area contributed by atoms with Crippen molar-refractivity contribution in [2.24, 2.45) is 4.99 Å². The number of hydrogen-bond donors (Lipinski definition) is 2. The highest BCUT2D eigenvalue weighted by Crippen LogP contribution is 2.15. The molecule has 8 nitrogen and oxygen atoms in total. The maximum atomic E-state index is 12.4. The van der Waals surface area contributed by atoms with Crippen LogP contribution in [0.15, 0.2) is 46.3 Å². The minimum Gasteiger partial charge on any atom is -0.357 e. The van der Waals surface area contributed by atoms with E-state index in [9.17, 15) is 4.79 Å². The molecular formula is C23H33N7O. The molecule has 1 aliphatic rings. The average molecular weight is 424 g/mol. The molecule has 0 amide bonds. The summed E-state index contributed by atoms with van der Waals surface area (Å²) in [6.07, 6.45) is 7.06. The first-order valence-electron chi connectivity index (χ1n) is 11.5. The summed E-state index contributed by atoms with van der Waals surface area (Å²) in [6.45, 7) is 6.79. The molecule has 3 heterocycles. The zero-order valence-electron chi connectivity index (χ0n) is 18.4. The van der Waals surface area contributed by atoms with Gasteiger partial charge in [-0.15, -0.1) is 0 Å². The van der Waals surface area contributed by atoms with Gasteiger partial charge in [0.05, 0.1) is 0 Å². The largest absolute Gasteiger partial charge is 0.357 e. The average Bonchev–Trinajstić information content (AvgIpc) is 3.35. The van der Waals surface area contributed by atoms with Crippen LogP contribution in [-0.4, -0.2) is 44.5 Å². The van der Waals surface area contributed by atoms with Crippen LogP contribution in [0.3, 0.4) is 0 Å². The number of nitrogens with zero attached hydrogens (tertiary/aromatic N) is 5. The first-order chi connectivity index (χ1) is 15.3. The number of fused-ring (bicyclic) bond motifs is 2. The molecule has 1 aliphatic heterocycles. The van der Waals surface area contributed by atoms with Crippen LogP contribution in [0.25, 0.3) is 10.9 Å². The van der Waals surface area contributed by atoms with E-state index in [1.165, 1.54) is 10.9 Å². The van der Waals surface area contributed by atoms with Crippen LogP contribution >= 0.6 is 0 Å². The predicted molar refractivity (Wildman–Crippen MR) is 125 cm³/mol. The van der Waals surface area contributed by atoms with Gasteiger partial charge in [-0.25, -0.2) is 9.48 Å². The second-order valence-electron chi connectivity index (χ2n) is 7.99. The van der Waals surface area contributed by atoms with E-state index in [0.29, 0.717) is 6.54 Å². The van der Waals surface area contributed by atoms with E-state index in [1.807, 2.05) is 4.57 Å². The van der Waals surface area contributed by atoms with E-state index in [0.717, 1.165) is 76.6 Å². The molecule has 0 fully saturated rings. The number of aryl methyl sites for hydroxylation is 3. The van der Waals surface area contributed by atoms with Gasteiger partial charge in [-0.2, -0.15) is 5.10 Å². The SMILES string of the molecule is CCNC(=NCCCn1ccc2ccccc21)NCCCn1nc2n(c1=O)CCCC2. The van der Waals surface area contributed by atoms with Crippen LogP contribution in [-0.2, 0) is 26.1 Å². The van der Waals surface area contributed by atoms with Gasteiger partial charge in [0.15, 0.2) is 5.96 Å². The maximum absolute atomic E-state index is 12.4. The lowest BCUT2D eigenvalue weighted by Crippen LogP contribution is -2.38. The Balaban J connectivity index is 1.23. The third kappa shape index (κ3) is 5.18. The van der Waals surface area contributed by atoms with E-state index >= 15 is 0 Å². The summed E-state index contributed by atoms with van der Waals surface area (Å²) < 4.78 is 5.73. The van der Waals surface area contributed by atoms with Crippen LogP contribution in [0, 0.1) is 0 Å². The Morgan fingerprint density at radius 3 is 2.90 bits per heavy atom. The Bertz CT molecular complexity index is 1080. The summed E-state index contributed by atoms with van der Waals surface area (Å²) in [5, 5.41) is 12.5. The first-order valence-corrected chi connectivity index (χ1v) is 11.5. The number of aromatic nitrogens is 4. The van der Waals surface area contributed by atoms with Crippen molar-refractivity contribution in [2.45, 2.75) is 58.7 Å². The third-order valence-electron chi connectivity index (χ3n) is 5.72. The summed E-state index contributed by atoms with van der Waals surface area (Å²) in [4.78, 5) is 17.1. The molecule has 0 aliphatic carbocycles. The fourth-order valence-corrected chi connectivity index (χ4v) is 4.14. The normalized spacial score (nSPS) is 14.0. The van der Waals surface area contributed by atoms with E-state index in [2.05, 4.69) is 63.8 Å². The van der Waals surface area contributed by atoms with Crippen molar-refractivity contribution in [3.8, 4) is 0 Å². The summed E-state index contributed by atoms with van der Waals surface area (Å²) >= 11 is 0. The molecule has 3 aromatic rings. The summed E-state index contributed by atoms with van der Waals surface area (Å²) in [7, 11) is 0. The van der Waals surface area contributed by atoms with Crippen LogP contribution in [0.1, 0.15) is 38.4 Å². The van der Waals surface area contributed by atoms with Crippen LogP contribution in [0.5, 0.6) is 0 Å². The van der Waals surface area contributed by atoms with Crippen LogP contribution in [0.2, 0.25) is 0 Å². The van der Waals surface area contributed by atoms with Crippen molar-refractivity contribution >= 4 is 16.9 Å². The van der Waals surface area contributed by atoms with Crippen molar-refractivity contribution in [1.29, 1.82) is 0 Å². The minimum atomic E-state index is 0.0350. The fourth-order valence-electron chi connectivity index (χ4n) is 4.14. The highest BCUT2D eigenvalue weighted by molar-refractivity contribution is 5.80. The molecule has 8 heteroatoms. The Hall–Kier alpha value is -3.03. The molecule has 0 saturated heterocycles. The molecule has 1 aromatic carbocycles. The number of guanidine groups is 1. The number of rotatable bonds is 9. The van der Waals surface area contributed by atoms with Gasteiger partial charge in [-0.3, -0.25) is 9.56 Å². The number of nitrogens with one attached hydrogen (secondary N) is 2. The molecule has 0 saturated carbocycles. The number of para-hydroxylation sites is 1. The summed E-state index contributed by atoms with van der Waals surface area (Å²) in [5.41, 5.74) is 1.31. The molecule has 4 rings (SSSR count). The van der Waals surface area contributed by atoms with Crippen LogP contribution < -0.4 is 16.3 Å². The fraction of sp³-hybridized carbons (Fsp3) is 0.522. The van der Waals surface area contributed by atoms with Crippen molar-refractivity contribution in [1.82, 2.24) is 29.5 Å². The third-order valence-corrected chi connectivity index (χ3v) is 5.72. The zero-order chi connectivity index (χ0) is 21.5. The van der Waals surface area contributed by atoms with Gasteiger partial charge in [0.25, 0.3) is 0 Å². The Morgan fingerprint density at radius 2 is 2.03 bits per heavy atom. The van der Waals surface area contributed by atoms with Crippen molar-refractivity contribution in [3.05, 3.63) is 52.8 Å². The van der Waals surface area contributed by atoms with Gasteiger partial charge in [0.2, 0.25) is 0 Å². The lowest BCUT2D eigenvalue weighted by atomic mass is 10.2. The first kappa shape index (κ1) is 21.2. The summed E-state index contributed by atoms with van der Waals surface area (Å²) in [6, 6.07) is 10.6. The Morgan fingerprint density at radius 1 is 1.13 bits per heavy atom. The van der Waals surface area contributed by atoms with Crippen LogP contribution in [0.4, 0.5) is 0 Å². The van der Waals surface area contributed by atoms with Crippen molar-refractivity contribution < 1.29 is 0 Å². The molecule has 0 bridgehead atoms. The highest BCUT2D eigenvalue weighted by Gasteiger charge is 2.16. The molecular weight excluding hydrogens is 390 g/mol. The molecule has 2 aromatic heterocycles. The van der Waals surface area contributed by atoms with Gasteiger partial charge in [-0.1, -0.05) is 18.2 Å². The molecule has 2 N–H and O–H groups in total. The number of hydrogen-bond acceptors (Lipinski definition) is 3. The summed E-state index contributed by atoms with van der Waals surface area (Å²) in [5.74, 6) is 1.77. The van der Waals surface area contributed by atoms with E-state index in [1.54, 1.807) is 4.68 Å². The van der Waals surface area contributed by atoms with Gasteiger partial charge in [0, 0.05) is 57.4 Å². The molecule has 0 atom stereocenters. The molecule has 0 unspecified atom stereocenters. The Labute approximate surface area is 183 Å². The van der Waals surface area contributed by atoms with Gasteiger partial charge in [-0.05, 0) is 50.1 Å². The topological polar surface area (TPSA) is 81.2 Å². The smallest absolute Gasteiger partial charge is 0.345 e. The van der Waals surface area contributed by atoms with Gasteiger partial charge in [0.1, 0.15) is 5.82 Å². The number of aliphatic imine (C=N–C) groups is 1. The van der Waals surface area contributed by atoms with E-state index < -0.39 is 0 Å². The van der Waals surface area contributed by atoms with Crippen molar-refractivity contribution in [2.75, 3.05) is 19.6 Å². The highest BCUT2D eigenvalue weighted by atomic mass is 16.2. The molecule has 166 valence electrons. The monoisotopic (exact) mass is 423 g/mol. The predicted octanol–water partition coefficient (Wildman–Crippen LogP) is 2.37. The van der Waals surface area contributed by atoms with E-state index in [4.69, 9.17) is 4.99 Å². The van der Waals surface area contributed by atoms with E-state index in [-0.39, 0.29) is 5.69 Å². The lowest BCUT2D eigenvalue weighted by Gasteiger charge is -2.11. The maximum Gasteiger partial charge on any atom is 0.345 e. The van der Waals surface area contributed by atoms with Gasteiger partial charge < -0.3 is 15.2 Å². The van der Waals surface area contributed by atoms with Gasteiger partial charge >= 0.3 is 5.69 Å². The number of benzene rings is 1. The second-order valence-corrected chi connectivity index (χ2v) is 7.99.